The largest absolute Gasteiger partial charge is 0.450 e. The third-order valence-electron chi connectivity index (χ3n) is 5.86. The quantitative estimate of drug-likeness (QED) is 0.725. The Morgan fingerprint density at radius 1 is 1.11 bits per heavy atom. The highest BCUT2D eigenvalue weighted by molar-refractivity contribution is 5.67. The first kappa shape index (κ1) is 20.4. The molecule has 0 N–H and O–H groups in total. The second kappa shape index (κ2) is 9.24. The van der Waals surface area contributed by atoms with Gasteiger partial charge in [0, 0.05) is 20.1 Å². The molecule has 3 rings (SSSR count). The highest BCUT2D eigenvalue weighted by atomic mass is 16.5. The van der Waals surface area contributed by atoms with Gasteiger partial charge in [-0.2, -0.15) is 0 Å². The normalized spacial score (nSPS) is 19.2. The van der Waals surface area contributed by atoms with Gasteiger partial charge in [0.1, 0.15) is 0 Å². The topological polar surface area (TPSA) is 32.8 Å². The van der Waals surface area contributed by atoms with Crippen LogP contribution in [0.25, 0.3) is 0 Å². The van der Waals surface area contributed by atoms with Crippen LogP contribution in [0, 0.1) is 5.92 Å². The minimum Gasteiger partial charge on any atom is -0.450 e. The number of nitrogens with zero attached hydrogens (tertiary/aromatic N) is 2. The SMILES string of the molecule is CCOC(=O)N(C)CCN1CCC(C)CC1(c1ccccc1)c1ccccc1. The minimum atomic E-state index is -0.252. The van der Waals surface area contributed by atoms with E-state index in [1.165, 1.54) is 17.5 Å². The maximum atomic E-state index is 12.1. The molecule has 2 aromatic carbocycles. The van der Waals surface area contributed by atoms with Crippen molar-refractivity contribution in [2.75, 3.05) is 33.3 Å². The number of hydrogen-bond donors (Lipinski definition) is 0. The maximum absolute atomic E-state index is 12.1. The molecule has 1 fully saturated rings. The molecule has 0 bridgehead atoms. The highest BCUT2D eigenvalue weighted by Crippen LogP contribution is 2.45. The van der Waals surface area contributed by atoms with Crippen molar-refractivity contribution in [1.82, 2.24) is 9.80 Å². The molecule has 0 radical (unpaired) electrons. The van der Waals surface area contributed by atoms with Gasteiger partial charge in [-0.25, -0.2) is 4.79 Å². The van der Waals surface area contributed by atoms with E-state index in [4.69, 9.17) is 4.74 Å². The molecule has 1 aliphatic heterocycles. The summed E-state index contributed by atoms with van der Waals surface area (Å²) >= 11 is 0. The summed E-state index contributed by atoms with van der Waals surface area (Å²) in [6.45, 7) is 7.07. The van der Waals surface area contributed by atoms with Gasteiger partial charge < -0.3 is 9.64 Å². The van der Waals surface area contributed by atoms with Crippen LogP contribution >= 0.6 is 0 Å². The molecular formula is C24H32N2O2. The van der Waals surface area contributed by atoms with Crippen LogP contribution in [0.3, 0.4) is 0 Å². The predicted molar refractivity (Wildman–Crippen MR) is 113 cm³/mol. The lowest BCUT2D eigenvalue weighted by molar-refractivity contribution is 0.0417. The number of carbonyl (C=O) groups is 1. The van der Waals surface area contributed by atoms with Crippen LogP contribution in [-0.2, 0) is 10.3 Å². The van der Waals surface area contributed by atoms with E-state index in [1.54, 1.807) is 4.90 Å². The molecule has 0 saturated carbocycles. The van der Waals surface area contributed by atoms with E-state index in [9.17, 15) is 4.79 Å². The first-order chi connectivity index (χ1) is 13.6. The van der Waals surface area contributed by atoms with Gasteiger partial charge in [0.05, 0.1) is 12.1 Å². The van der Waals surface area contributed by atoms with Crippen molar-refractivity contribution in [3.63, 3.8) is 0 Å². The van der Waals surface area contributed by atoms with Crippen molar-refractivity contribution in [3.8, 4) is 0 Å². The fraction of sp³-hybridized carbons (Fsp3) is 0.458. The zero-order valence-electron chi connectivity index (χ0n) is 17.3. The van der Waals surface area contributed by atoms with E-state index in [2.05, 4.69) is 72.5 Å². The number of hydrogen-bond acceptors (Lipinski definition) is 3. The van der Waals surface area contributed by atoms with E-state index in [-0.39, 0.29) is 11.6 Å². The molecule has 1 unspecified atom stereocenters. The molecule has 0 aromatic heterocycles. The second-order valence-electron chi connectivity index (χ2n) is 7.80. The Labute approximate surface area is 169 Å². The molecule has 150 valence electrons. The molecule has 1 saturated heterocycles. The molecule has 28 heavy (non-hydrogen) atoms. The summed E-state index contributed by atoms with van der Waals surface area (Å²) in [5.41, 5.74) is 2.48. The summed E-state index contributed by atoms with van der Waals surface area (Å²) in [6.07, 6.45) is 1.99. The molecule has 4 nitrogen and oxygen atoms in total. The average molecular weight is 381 g/mol. The van der Waals surface area contributed by atoms with Crippen LogP contribution in [-0.4, -0.2) is 49.2 Å². The third kappa shape index (κ3) is 4.22. The second-order valence-corrected chi connectivity index (χ2v) is 7.80. The Balaban J connectivity index is 1.95. The van der Waals surface area contributed by atoms with Gasteiger partial charge >= 0.3 is 6.09 Å². The fourth-order valence-electron chi connectivity index (χ4n) is 4.40. The molecule has 1 heterocycles. The van der Waals surface area contributed by atoms with Gasteiger partial charge in [-0.1, -0.05) is 67.6 Å². The van der Waals surface area contributed by atoms with E-state index < -0.39 is 0 Å². The number of likely N-dealkylation sites (tertiary alicyclic amines) is 1. The fourth-order valence-corrected chi connectivity index (χ4v) is 4.40. The summed E-state index contributed by atoms with van der Waals surface area (Å²) in [7, 11) is 1.82. The van der Waals surface area contributed by atoms with Crippen molar-refractivity contribution in [2.24, 2.45) is 5.92 Å². The number of benzene rings is 2. The molecule has 0 spiro atoms. The number of carbonyl (C=O) groups excluding carboxylic acids is 1. The van der Waals surface area contributed by atoms with E-state index >= 15 is 0 Å². The Morgan fingerprint density at radius 2 is 1.68 bits per heavy atom. The van der Waals surface area contributed by atoms with E-state index in [0.29, 0.717) is 19.1 Å². The van der Waals surface area contributed by atoms with Crippen LogP contribution in [0.2, 0.25) is 0 Å². The van der Waals surface area contributed by atoms with Crippen LogP contribution in [0.15, 0.2) is 60.7 Å². The lowest BCUT2D eigenvalue weighted by atomic mass is 9.72. The van der Waals surface area contributed by atoms with Gasteiger partial charge in [-0.15, -0.1) is 0 Å². The summed E-state index contributed by atoms with van der Waals surface area (Å²) < 4.78 is 5.15. The molecule has 0 aliphatic carbocycles. The maximum Gasteiger partial charge on any atom is 0.409 e. The standard InChI is InChI=1S/C24H32N2O2/c1-4-28-23(27)25(3)17-18-26-16-15-20(2)19-24(26,21-11-7-5-8-12-21)22-13-9-6-10-14-22/h5-14,20H,4,15-19H2,1-3H3. The van der Waals surface area contributed by atoms with Crippen molar-refractivity contribution in [2.45, 2.75) is 32.2 Å². The average Bonchev–Trinajstić information content (AvgIpc) is 2.74. The van der Waals surface area contributed by atoms with Crippen LogP contribution in [0.1, 0.15) is 37.8 Å². The smallest absolute Gasteiger partial charge is 0.409 e. The zero-order chi connectivity index (χ0) is 20.0. The first-order valence-corrected chi connectivity index (χ1v) is 10.3. The van der Waals surface area contributed by atoms with Gasteiger partial charge in [-0.3, -0.25) is 4.90 Å². The molecule has 2 aromatic rings. The minimum absolute atomic E-state index is 0.171. The van der Waals surface area contributed by atoms with Crippen LogP contribution < -0.4 is 0 Å². The van der Waals surface area contributed by atoms with Gasteiger partial charge in [-0.05, 0) is 43.4 Å². The molecule has 1 amide bonds. The van der Waals surface area contributed by atoms with Crippen molar-refractivity contribution < 1.29 is 9.53 Å². The first-order valence-electron chi connectivity index (χ1n) is 10.3. The molecular weight excluding hydrogens is 348 g/mol. The number of rotatable bonds is 6. The van der Waals surface area contributed by atoms with E-state index in [1.807, 2.05) is 14.0 Å². The number of piperidine rings is 1. The monoisotopic (exact) mass is 380 g/mol. The lowest BCUT2D eigenvalue weighted by Gasteiger charge is -2.50. The van der Waals surface area contributed by atoms with Crippen LogP contribution in [0.5, 0.6) is 0 Å². The zero-order valence-corrected chi connectivity index (χ0v) is 17.3. The molecule has 4 heteroatoms. The Kier molecular flexibility index (Phi) is 6.74. The highest BCUT2D eigenvalue weighted by Gasteiger charge is 2.43. The summed E-state index contributed by atoms with van der Waals surface area (Å²) in [5, 5.41) is 0. The number of amides is 1. The summed E-state index contributed by atoms with van der Waals surface area (Å²) in [6, 6.07) is 21.6. The van der Waals surface area contributed by atoms with Gasteiger partial charge in [0.2, 0.25) is 0 Å². The molecule has 1 aliphatic rings. The number of likely N-dealkylation sites (N-methyl/N-ethyl adjacent to an activating group) is 1. The summed E-state index contributed by atoms with van der Waals surface area (Å²) in [5.74, 6) is 0.638. The Hall–Kier alpha value is -2.33. The predicted octanol–water partition coefficient (Wildman–Crippen LogP) is 4.75. The molecule has 1 atom stereocenters. The van der Waals surface area contributed by atoms with Crippen molar-refractivity contribution in [1.29, 1.82) is 0 Å². The van der Waals surface area contributed by atoms with Gasteiger partial charge in [0.15, 0.2) is 0 Å². The van der Waals surface area contributed by atoms with Crippen molar-refractivity contribution >= 4 is 6.09 Å². The number of ether oxygens (including phenoxy) is 1. The van der Waals surface area contributed by atoms with E-state index in [0.717, 1.165) is 19.5 Å². The van der Waals surface area contributed by atoms with Crippen molar-refractivity contribution in [3.05, 3.63) is 71.8 Å². The lowest BCUT2D eigenvalue weighted by Crippen LogP contribution is -2.54. The van der Waals surface area contributed by atoms with Crippen LogP contribution in [0.4, 0.5) is 4.79 Å². The Morgan fingerprint density at radius 3 is 2.21 bits per heavy atom. The summed E-state index contributed by atoms with van der Waals surface area (Å²) in [4.78, 5) is 16.3. The Bertz CT molecular complexity index is 708. The van der Waals surface area contributed by atoms with Gasteiger partial charge in [0.25, 0.3) is 0 Å². The third-order valence-corrected chi connectivity index (χ3v) is 5.86.